The van der Waals surface area contributed by atoms with Crippen LogP contribution < -0.4 is 9.62 Å². The highest BCUT2D eigenvalue weighted by Gasteiger charge is 2.21. The second kappa shape index (κ2) is 8.63. The molecule has 1 heterocycles. The molecule has 7 nitrogen and oxygen atoms in total. The predicted molar refractivity (Wildman–Crippen MR) is 103 cm³/mol. The van der Waals surface area contributed by atoms with E-state index in [1.165, 1.54) is 23.1 Å². The Morgan fingerprint density at radius 3 is 2.48 bits per heavy atom. The van der Waals surface area contributed by atoms with Gasteiger partial charge in [-0.3, -0.25) is 14.4 Å². The molecule has 1 N–H and O–H groups in total. The van der Waals surface area contributed by atoms with Gasteiger partial charge in [-0.15, -0.1) is 10.2 Å². The molecule has 25 heavy (non-hydrogen) atoms. The normalized spacial score (nSPS) is 11.3. The Labute approximate surface area is 155 Å². The van der Waals surface area contributed by atoms with Gasteiger partial charge in [0.15, 0.2) is 4.34 Å². The summed E-state index contributed by atoms with van der Waals surface area (Å²) in [5.74, 6) is 0.396. The highest BCUT2D eigenvalue weighted by Crippen LogP contribution is 2.25. The van der Waals surface area contributed by atoms with Crippen LogP contribution in [-0.4, -0.2) is 43.1 Å². The van der Waals surface area contributed by atoms with Crippen molar-refractivity contribution in [3.8, 4) is 0 Å². The molecule has 1 amide bonds. The molecule has 0 aliphatic carbocycles. The summed E-state index contributed by atoms with van der Waals surface area (Å²) < 4.78 is 26.0. The maximum Gasteiger partial charge on any atom is 0.246 e. The maximum atomic E-state index is 12.2. The van der Waals surface area contributed by atoms with Gasteiger partial charge in [0.1, 0.15) is 6.54 Å². The first-order valence-electron chi connectivity index (χ1n) is 7.66. The van der Waals surface area contributed by atoms with Crippen LogP contribution in [0.15, 0.2) is 28.6 Å². The molecule has 0 saturated carbocycles. The van der Waals surface area contributed by atoms with Crippen LogP contribution in [0.2, 0.25) is 0 Å². The molecule has 0 saturated heterocycles. The molecule has 0 atom stereocenters. The van der Waals surface area contributed by atoms with E-state index < -0.39 is 15.9 Å². The number of aryl methyl sites for hydroxylation is 1. The second-order valence-electron chi connectivity index (χ2n) is 5.14. The number of thioether (sulfide) groups is 1. The van der Waals surface area contributed by atoms with Gasteiger partial charge in [0.2, 0.25) is 21.1 Å². The van der Waals surface area contributed by atoms with E-state index in [0.717, 1.165) is 32.6 Å². The van der Waals surface area contributed by atoms with E-state index >= 15 is 0 Å². The number of carbonyl (C=O) groups is 1. The Morgan fingerprint density at radius 2 is 1.92 bits per heavy atom. The largest absolute Gasteiger partial charge is 0.299 e. The summed E-state index contributed by atoms with van der Waals surface area (Å²) in [6.07, 6.45) is 1.93. The molecule has 2 aromatic rings. The van der Waals surface area contributed by atoms with Crippen LogP contribution in [0.1, 0.15) is 19.4 Å². The van der Waals surface area contributed by atoms with E-state index in [1.807, 2.05) is 26.0 Å². The fourth-order valence-corrected chi connectivity index (χ4v) is 4.55. The molecular formula is C15H20N4O3S3. The molecule has 0 spiro atoms. The summed E-state index contributed by atoms with van der Waals surface area (Å²) in [5, 5.41) is 10.8. The average molecular weight is 401 g/mol. The van der Waals surface area contributed by atoms with Gasteiger partial charge in [-0.1, -0.05) is 49.1 Å². The van der Waals surface area contributed by atoms with E-state index in [9.17, 15) is 13.2 Å². The first-order chi connectivity index (χ1) is 11.8. The van der Waals surface area contributed by atoms with Gasteiger partial charge in [-0.05, 0) is 29.9 Å². The highest BCUT2D eigenvalue weighted by atomic mass is 32.2. The van der Waals surface area contributed by atoms with E-state index in [2.05, 4.69) is 15.5 Å². The summed E-state index contributed by atoms with van der Waals surface area (Å²) in [5.41, 5.74) is 1.55. The number of benzene rings is 1. The van der Waals surface area contributed by atoms with Crippen LogP contribution in [0.4, 0.5) is 10.8 Å². The van der Waals surface area contributed by atoms with Gasteiger partial charge in [0.25, 0.3) is 0 Å². The number of nitrogens with one attached hydrogen (secondary N) is 1. The van der Waals surface area contributed by atoms with E-state index in [-0.39, 0.29) is 6.54 Å². The van der Waals surface area contributed by atoms with Crippen LogP contribution in [-0.2, 0) is 21.2 Å². The topological polar surface area (TPSA) is 92.3 Å². The summed E-state index contributed by atoms with van der Waals surface area (Å²) in [6.45, 7) is 3.70. The molecule has 10 heteroatoms. The van der Waals surface area contributed by atoms with Gasteiger partial charge in [-0.2, -0.15) is 0 Å². The van der Waals surface area contributed by atoms with Crippen LogP contribution in [0, 0.1) is 0 Å². The van der Waals surface area contributed by atoms with Crippen molar-refractivity contribution in [1.29, 1.82) is 0 Å². The van der Waals surface area contributed by atoms with Gasteiger partial charge in [0, 0.05) is 0 Å². The molecule has 0 unspecified atom stereocenters. The Hall–Kier alpha value is -1.65. The van der Waals surface area contributed by atoms with Gasteiger partial charge < -0.3 is 0 Å². The van der Waals surface area contributed by atoms with E-state index in [4.69, 9.17) is 0 Å². The molecule has 0 bridgehead atoms. The van der Waals surface area contributed by atoms with Gasteiger partial charge in [0.05, 0.1) is 11.9 Å². The van der Waals surface area contributed by atoms with Crippen molar-refractivity contribution in [3.05, 3.63) is 29.8 Å². The minimum atomic E-state index is -3.59. The highest BCUT2D eigenvalue weighted by molar-refractivity contribution is 8.01. The first-order valence-corrected chi connectivity index (χ1v) is 11.3. The quantitative estimate of drug-likeness (QED) is 0.541. The number of sulfonamides is 1. The summed E-state index contributed by atoms with van der Waals surface area (Å²) >= 11 is 2.79. The number of hydrogen-bond donors (Lipinski definition) is 1. The minimum Gasteiger partial charge on any atom is -0.299 e. The fourth-order valence-electron chi connectivity index (χ4n) is 2.03. The zero-order valence-electron chi connectivity index (χ0n) is 14.2. The number of rotatable bonds is 8. The number of aromatic nitrogens is 2. The third-order valence-electron chi connectivity index (χ3n) is 3.24. The SMILES string of the molecule is CCSc1nnc(NC(=O)CN(c2ccc(CC)cc2)S(C)(=O)=O)s1. The summed E-state index contributed by atoms with van der Waals surface area (Å²) in [4.78, 5) is 12.2. The first kappa shape index (κ1) is 19.7. The lowest BCUT2D eigenvalue weighted by Crippen LogP contribution is -2.37. The van der Waals surface area contributed by atoms with Crippen molar-refractivity contribution < 1.29 is 13.2 Å². The van der Waals surface area contributed by atoms with Crippen LogP contribution in [0.3, 0.4) is 0 Å². The Bertz CT molecular complexity index is 819. The predicted octanol–water partition coefficient (Wildman–Crippen LogP) is 2.62. The van der Waals surface area contributed by atoms with Crippen molar-refractivity contribution in [3.63, 3.8) is 0 Å². The number of amides is 1. The van der Waals surface area contributed by atoms with Crippen LogP contribution >= 0.6 is 23.1 Å². The van der Waals surface area contributed by atoms with Crippen molar-refractivity contribution in [2.75, 3.05) is 28.2 Å². The van der Waals surface area contributed by atoms with Crippen molar-refractivity contribution >= 4 is 49.8 Å². The molecule has 0 radical (unpaired) electrons. The third kappa shape index (κ3) is 5.68. The molecule has 0 aliphatic rings. The van der Waals surface area contributed by atoms with Crippen molar-refractivity contribution in [2.24, 2.45) is 0 Å². The zero-order valence-corrected chi connectivity index (χ0v) is 16.7. The molecule has 1 aromatic carbocycles. The average Bonchev–Trinajstić information content (AvgIpc) is 2.99. The molecule has 1 aromatic heterocycles. The Morgan fingerprint density at radius 1 is 1.24 bits per heavy atom. The van der Waals surface area contributed by atoms with Gasteiger partial charge >= 0.3 is 0 Å². The number of carbonyl (C=O) groups excluding carboxylic acids is 1. The number of hydrogen-bond acceptors (Lipinski definition) is 7. The second-order valence-corrected chi connectivity index (χ2v) is 9.54. The monoisotopic (exact) mass is 400 g/mol. The maximum absolute atomic E-state index is 12.2. The fraction of sp³-hybridized carbons (Fsp3) is 0.400. The lowest BCUT2D eigenvalue weighted by molar-refractivity contribution is -0.114. The van der Waals surface area contributed by atoms with Crippen LogP contribution in [0.5, 0.6) is 0 Å². The van der Waals surface area contributed by atoms with Crippen molar-refractivity contribution in [2.45, 2.75) is 24.6 Å². The Balaban J connectivity index is 2.11. The van der Waals surface area contributed by atoms with E-state index in [1.54, 1.807) is 12.1 Å². The lowest BCUT2D eigenvalue weighted by atomic mass is 10.1. The van der Waals surface area contributed by atoms with Crippen molar-refractivity contribution in [1.82, 2.24) is 10.2 Å². The smallest absolute Gasteiger partial charge is 0.246 e. The Kier molecular flexibility index (Phi) is 6.79. The number of anilines is 2. The molecule has 0 fully saturated rings. The third-order valence-corrected chi connectivity index (χ3v) is 6.24. The zero-order chi connectivity index (χ0) is 18.4. The summed E-state index contributed by atoms with van der Waals surface area (Å²) in [7, 11) is -3.59. The molecular weight excluding hydrogens is 380 g/mol. The molecule has 136 valence electrons. The van der Waals surface area contributed by atoms with Gasteiger partial charge in [-0.25, -0.2) is 8.42 Å². The number of nitrogens with zero attached hydrogens (tertiary/aromatic N) is 3. The molecule has 2 rings (SSSR count). The standard InChI is InChI=1S/C15H20N4O3S3/c1-4-11-6-8-12(9-7-11)19(25(3,21)22)10-13(20)16-14-17-18-15(24-14)23-5-2/h6-9H,4-5,10H2,1-3H3,(H,16,17,20). The minimum absolute atomic E-state index is 0.319. The summed E-state index contributed by atoms with van der Waals surface area (Å²) in [6, 6.07) is 7.11. The van der Waals surface area contributed by atoms with E-state index in [0.29, 0.717) is 10.8 Å². The lowest BCUT2D eigenvalue weighted by Gasteiger charge is -2.21. The van der Waals surface area contributed by atoms with Crippen LogP contribution in [0.25, 0.3) is 0 Å². The molecule has 0 aliphatic heterocycles.